The average Bonchev–Trinajstić information content (AvgIpc) is 2.60. The van der Waals surface area contributed by atoms with Crippen LogP contribution in [-0.2, 0) is 6.42 Å². The zero-order chi connectivity index (χ0) is 16.3. The monoisotopic (exact) mass is 302 g/mol. The fourth-order valence-electron chi connectivity index (χ4n) is 2.08. The third-order valence-electron chi connectivity index (χ3n) is 3.38. The van der Waals surface area contributed by atoms with Crippen LogP contribution in [0.25, 0.3) is 12.2 Å². The Labute approximate surface area is 139 Å². The second-order valence-electron chi connectivity index (χ2n) is 5.05. The summed E-state index contributed by atoms with van der Waals surface area (Å²) < 4.78 is 5.41. The van der Waals surface area contributed by atoms with Crippen LogP contribution in [0.1, 0.15) is 30.5 Å². The van der Waals surface area contributed by atoms with Crippen LogP contribution in [0.2, 0.25) is 0 Å². The molecule has 0 bridgehead atoms. The van der Waals surface area contributed by atoms with E-state index in [2.05, 4.69) is 43.0 Å². The van der Waals surface area contributed by atoms with Gasteiger partial charge in [0.05, 0.1) is 6.61 Å². The number of hydrogen-bond acceptors (Lipinski definition) is 1. The Morgan fingerprint density at radius 1 is 0.783 bits per heavy atom. The van der Waals surface area contributed by atoms with Crippen molar-refractivity contribution >= 4 is 12.2 Å². The first-order chi connectivity index (χ1) is 11.3. The number of rotatable bonds is 5. The maximum atomic E-state index is 5.41. The third kappa shape index (κ3) is 5.88. The van der Waals surface area contributed by atoms with Gasteiger partial charge in [0.1, 0.15) is 5.75 Å². The lowest BCUT2D eigenvalue weighted by molar-refractivity contribution is 0.340. The third-order valence-corrected chi connectivity index (χ3v) is 3.38. The van der Waals surface area contributed by atoms with Gasteiger partial charge < -0.3 is 4.74 Å². The van der Waals surface area contributed by atoms with E-state index in [0.29, 0.717) is 6.61 Å². The SMILES string of the molecule is CCOc1ccc(/C=C/C#C/C=C/c2ccc(CC)cc2)cc1. The van der Waals surface area contributed by atoms with Gasteiger partial charge in [-0.25, -0.2) is 0 Å². The molecule has 0 atom stereocenters. The Morgan fingerprint density at radius 3 is 1.78 bits per heavy atom. The normalized spacial score (nSPS) is 10.7. The minimum absolute atomic E-state index is 0.689. The summed E-state index contributed by atoms with van der Waals surface area (Å²) in [5.74, 6) is 6.94. The zero-order valence-electron chi connectivity index (χ0n) is 13.8. The topological polar surface area (TPSA) is 9.23 Å². The Hall–Kier alpha value is -2.72. The van der Waals surface area contributed by atoms with Gasteiger partial charge in [0, 0.05) is 0 Å². The maximum Gasteiger partial charge on any atom is 0.119 e. The Morgan fingerprint density at radius 2 is 1.30 bits per heavy atom. The number of allylic oxidation sites excluding steroid dienone is 2. The Balaban J connectivity index is 1.87. The summed E-state index contributed by atoms with van der Waals surface area (Å²) in [4.78, 5) is 0. The van der Waals surface area contributed by atoms with Crippen molar-refractivity contribution in [2.75, 3.05) is 6.61 Å². The summed E-state index contributed by atoms with van der Waals surface area (Å²) in [5.41, 5.74) is 3.64. The number of aryl methyl sites for hydroxylation is 1. The summed E-state index contributed by atoms with van der Waals surface area (Å²) in [7, 11) is 0. The van der Waals surface area contributed by atoms with Crippen LogP contribution in [0.15, 0.2) is 60.7 Å². The van der Waals surface area contributed by atoms with Gasteiger partial charge in [0.15, 0.2) is 0 Å². The van der Waals surface area contributed by atoms with Crippen LogP contribution in [0.5, 0.6) is 5.75 Å². The van der Waals surface area contributed by atoms with Crippen LogP contribution in [-0.4, -0.2) is 6.61 Å². The Kier molecular flexibility index (Phi) is 6.75. The number of benzene rings is 2. The van der Waals surface area contributed by atoms with Gasteiger partial charge in [-0.05, 0) is 66.5 Å². The molecule has 0 N–H and O–H groups in total. The molecular weight excluding hydrogens is 280 g/mol. The molecule has 0 amide bonds. The van der Waals surface area contributed by atoms with E-state index in [1.165, 1.54) is 11.1 Å². The molecule has 116 valence electrons. The quantitative estimate of drug-likeness (QED) is 0.674. The van der Waals surface area contributed by atoms with Crippen molar-refractivity contribution in [3.63, 3.8) is 0 Å². The minimum atomic E-state index is 0.689. The summed E-state index contributed by atoms with van der Waals surface area (Å²) >= 11 is 0. The summed E-state index contributed by atoms with van der Waals surface area (Å²) in [5, 5.41) is 0. The van der Waals surface area contributed by atoms with E-state index >= 15 is 0 Å². The van der Waals surface area contributed by atoms with E-state index in [1.54, 1.807) is 0 Å². The minimum Gasteiger partial charge on any atom is -0.494 e. The largest absolute Gasteiger partial charge is 0.494 e. The highest BCUT2D eigenvalue weighted by atomic mass is 16.5. The van der Waals surface area contributed by atoms with Crippen molar-refractivity contribution < 1.29 is 4.74 Å². The summed E-state index contributed by atoms with van der Waals surface area (Å²) in [6, 6.07) is 16.5. The van der Waals surface area contributed by atoms with E-state index in [4.69, 9.17) is 4.74 Å². The molecule has 0 radical (unpaired) electrons. The molecule has 23 heavy (non-hydrogen) atoms. The van der Waals surface area contributed by atoms with Crippen LogP contribution < -0.4 is 4.74 Å². The maximum absolute atomic E-state index is 5.41. The molecule has 2 aromatic rings. The van der Waals surface area contributed by atoms with E-state index in [-0.39, 0.29) is 0 Å². The summed E-state index contributed by atoms with van der Waals surface area (Å²) in [6.45, 7) is 4.83. The van der Waals surface area contributed by atoms with Crippen LogP contribution in [0.3, 0.4) is 0 Å². The van der Waals surface area contributed by atoms with Gasteiger partial charge in [0.25, 0.3) is 0 Å². The highest BCUT2D eigenvalue weighted by Gasteiger charge is 1.90. The molecule has 2 rings (SSSR count). The van der Waals surface area contributed by atoms with E-state index in [0.717, 1.165) is 17.7 Å². The van der Waals surface area contributed by atoms with Gasteiger partial charge in [-0.15, -0.1) is 0 Å². The predicted octanol–water partition coefficient (Wildman–Crippen LogP) is 5.38. The molecule has 0 aliphatic carbocycles. The van der Waals surface area contributed by atoms with Gasteiger partial charge in [-0.2, -0.15) is 0 Å². The molecule has 0 unspecified atom stereocenters. The lowest BCUT2D eigenvalue weighted by atomic mass is 10.1. The molecule has 0 heterocycles. The average molecular weight is 302 g/mol. The molecule has 1 nitrogen and oxygen atoms in total. The molecule has 1 heteroatoms. The van der Waals surface area contributed by atoms with Gasteiger partial charge >= 0.3 is 0 Å². The molecule has 0 saturated heterocycles. The standard InChI is InChI=1S/C22H22O/c1-3-19-11-13-20(14-12-19)9-7-5-6-8-10-21-15-17-22(18-16-21)23-4-2/h7-18H,3-4H2,1-2H3/b9-7+,10-8+. The van der Waals surface area contributed by atoms with E-state index in [1.807, 2.05) is 55.5 Å². The number of ether oxygens (including phenoxy) is 1. The lowest BCUT2D eigenvalue weighted by Gasteiger charge is -2.01. The molecular formula is C22H22O. The van der Waals surface area contributed by atoms with Crippen molar-refractivity contribution in [1.29, 1.82) is 0 Å². The Bertz CT molecular complexity index is 707. The van der Waals surface area contributed by atoms with Crippen molar-refractivity contribution in [1.82, 2.24) is 0 Å². The van der Waals surface area contributed by atoms with Crippen LogP contribution >= 0.6 is 0 Å². The van der Waals surface area contributed by atoms with Gasteiger partial charge in [0.2, 0.25) is 0 Å². The second kappa shape index (κ2) is 9.33. The first-order valence-electron chi connectivity index (χ1n) is 7.97. The van der Waals surface area contributed by atoms with Crippen molar-refractivity contribution in [3.05, 3.63) is 77.4 Å². The van der Waals surface area contributed by atoms with Crippen LogP contribution in [0.4, 0.5) is 0 Å². The summed E-state index contributed by atoms with van der Waals surface area (Å²) in [6.07, 6.45) is 8.83. The van der Waals surface area contributed by atoms with E-state index in [9.17, 15) is 0 Å². The molecule has 0 aromatic heterocycles. The molecule has 0 fully saturated rings. The molecule has 0 aliphatic heterocycles. The molecule has 0 saturated carbocycles. The van der Waals surface area contributed by atoms with Crippen molar-refractivity contribution in [2.24, 2.45) is 0 Å². The first-order valence-corrected chi connectivity index (χ1v) is 7.97. The fourth-order valence-corrected chi connectivity index (χ4v) is 2.08. The zero-order valence-corrected chi connectivity index (χ0v) is 13.8. The fraction of sp³-hybridized carbons (Fsp3) is 0.182. The highest BCUT2D eigenvalue weighted by molar-refractivity contribution is 5.56. The van der Waals surface area contributed by atoms with E-state index < -0.39 is 0 Å². The molecule has 0 aliphatic rings. The van der Waals surface area contributed by atoms with Crippen molar-refractivity contribution in [3.8, 4) is 17.6 Å². The van der Waals surface area contributed by atoms with Gasteiger partial charge in [-0.3, -0.25) is 0 Å². The smallest absolute Gasteiger partial charge is 0.119 e. The highest BCUT2D eigenvalue weighted by Crippen LogP contribution is 2.12. The lowest BCUT2D eigenvalue weighted by Crippen LogP contribution is -1.90. The number of hydrogen-bond donors (Lipinski definition) is 0. The molecule has 2 aromatic carbocycles. The molecule has 0 spiro atoms. The second-order valence-corrected chi connectivity index (χ2v) is 5.05. The van der Waals surface area contributed by atoms with Gasteiger partial charge in [-0.1, -0.05) is 55.2 Å². The van der Waals surface area contributed by atoms with Crippen LogP contribution in [0, 0.1) is 11.8 Å². The van der Waals surface area contributed by atoms with Crippen molar-refractivity contribution in [2.45, 2.75) is 20.3 Å². The predicted molar refractivity (Wildman–Crippen MR) is 99.3 cm³/mol. The first kappa shape index (κ1) is 16.6.